The molecule has 1 aliphatic heterocycles. The van der Waals surface area contributed by atoms with Crippen molar-refractivity contribution < 1.29 is 14.3 Å². The van der Waals surface area contributed by atoms with Crippen molar-refractivity contribution in [2.45, 2.75) is 32.9 Å². The Kier molecular flexibility index (Phi) is 4.51. The molecule has 0 aromatic heterocycles. The predicted octanol–water partition coefficient (Wildman–Crippen LogP) is 3.35. The number of hydrogen-bond donors (Lipinski definition) is 1. The topological polar surface area (TPSA) is 58.6 Å². The molecule has 0 bridgehead atoms. The van der Waals surface area contributed by atoms with Crippen molar-refractivity contribution in [3.05, 3.63) is 54.1 Å². The van der Waals surface area contributed by atoms with Gasteiger partial charge >= 0.3 is 0 Å². The van der Waals surface area contributed by atoms with Crippen LogP contribution in [-0.2, 0) is 16.1 Å². The van der Waals surface area contributed by atoms with Crippen LogP contribution in [0.5, 0.6) is 5.75 Å². The van der Waals surface area contributed by atoms with Crippen molar-refractivity contribution in [2.75, 3.05) is 10.2 Å². The number of fused-ring (bicyclic) bond motifs is 1. The molecule has 1 aliphatic rings. The molecule has 2 amide bonds. The number of nitrogens with zero attached hydrogens (tertiary/aromatic N) is 1. The number of hydrogen-bond acceptors (Lipinski definition) is 3. The Labute approximate surface area is 141 Å². The predicted molar refractivity (Wildman–Crippen MR) is 93.1 cm³/mol. The smallest absolute Gasteiger partial charge is 0.268 e. The van der Waals surface area contributed by atoms with E-state index in [0.717, 1.165) is 5.56 Å². The van der Waals surface area contributed by atoms with E-state index < -0.39 is 6.10 Å². The molecule has 0 saturated carbocycles. The quantitative estimate of drug-likeness (QED) is 0.938. The van der Waals surface area contributed by atoms with Crippen molar-refractivity contribution in [3.8, 4) is 5.75 Å². The van der Waals surface area contributed by atoms with Crippen molar-refractivity contribution in [1.29, 1.82) is 0 Å². The average Bonchev–Trinajstić information content (AvgIpc) is 2.60. The maximum Gasteiger partial charge on any atom is 0.268 e. The third kappa shape index (κ3) is 3.25. The first kappa shape index (κ1) is 16.1. The number of nitrogens with one attached hydrogen (secondary N) is 1. The summed E-state index contributed by atoms with van der Waals surface area (Å²) in [4.78, 5) is 25.9. The summed E-state index contributed by atoms with van der Waals surface area (Å²) in [6.45, 7) is 4.01. The number of benzene rings is 2. The van der Waals surface area contributed by atoms with Gasteiger partial charge in [0.2, 0.25) is 5.91 Å². The zero-order chi connectivity index (χ0) is 17.1. The summed E-state index contributed by atoms with van der Waals surface area (Å²) in [5, 5.41) is 2.82. The molecule has 5 nitrogen and oxygen atoms in total. The van der Waals surface area contributed by atoms with Gasteiger partial charge in [-0.25, -0.2) is 0 Å². The fourth-order valence-electron chi connectivity index (χ4n) is 2.66. The van der Waals surface area contributed by atoms with E-state index in [1.807, 2.05) is 30.3 Å². The van der Waals surface area contributed by atoms with Crippen LogP contribution in [-0.4, -0.2) is 17.9 Å². The van der Waals surface area contributed by atoms with Crippen molar-refractivity contribution in [3.63, 3.8) is 0 Å². The summed E-state index contributed by atoms with van der Waals surface area (Å²) >= 11 is 0. The van der Waals surface area contributed by atoms with E-state index in [1.54, 1.807) is 36.9 Å². The second-order valence-electron chi connectivity index (χ2n) is 5.75. The lowest BCUT2D eigenvalue weighted by atomic mass is 10.1. The number of amides is 2. The highest BCUT2D eigenvalue weighted by molar-refractivity contribution is 6.01. The highest BCUT2D eigenvalue weighted by atomic mass is 16.5. The van der Waals surface area contributed by atoms with Crippen LogP contribution < -0.4 is 15.0 Å². The molecule has 124 valence electrons. The maximum absolute atomic E-state index is 12.6. The van der Waals surface area contributed by atoms with Crippen molar-refractivity contribution in [1.82, 2.24) is 0 Å². The second kappa shape index (κ2) is 6.74. The SMILES string of the molecule is CCC(=O)Nc1ccc2c(c1)N(Cc1ccccc1)C(=O)C(C)O2. The third-order valence-electron chi connectivity index (χ3n) is 3.96. The van der Waals surface area contributed by atoms with Crippen LogP contribution in [0, 0.1) is 0 Å². The summed E-state index contributed by atoms with van der Waals surface area (Å²) in [5.41, 5.74) is 2.37. The Morgan fingerprint density at radius 1 is 1.21 bits per heavy atom. The van der Waals surface area contributed by atoms with Gasteiger partial charge < -0.3 is 15.0 Å². The van der Waals surface area contributed by atoms with Gasteiger partial charge in [-0.2, -0.15) is 0 Å². The van der Waals surface area contributed by atoms with Crippen LogP contribution in [0.4, 0.5) is 11.4 Å². The number of carbonyl (C=O) groups excluding carboxylic acids is 2. The number of anilines is 2. The Bertz CT molecular complexity index is 758. The van der Waals surface area contributed by atoms with E-state index in [9.17, 15) is 9.59 Å². The summed E-state index contributed by atoms with van der Waals surface area (Å²) in [7, 11) is 0. The van der Waals surface area contributed by atoms with Crippen LogP contribution in [0.1, 0.15) is 25.8 Å². The lowest BCUT2D eigenvalue weighted by Crippen LogP contribution is -2.44. The zero-order valence-electron chi connectivity index (χ0n) is 13.8. The van der Waals surface area contributed by atoms with Crippen molar-refractivity contribution in [2.24, 2.45) is 0 Å². The monoisotopic (exact) mass is 324 g/mol. The first-order valence-corrected chi connectivity index (χ1v) is 8.04. The van der Waals surface area contributed by atoms with Gasteiger partial charge in [0.15, 0.2) is 6.10 Å². The molecule has 0 fully saturated rings. The minimum absolute atomic E-state index is 0.0685. The molecule has 3 rings (SSSR count). The molecule has 1 heterocycles. The Balaban J connectivity index is 1.95. The van der Waals surface area contributed by atoms with Gasteiger partial charge in [-0.15, -0.1) is 0 Å². The molecular weight excluding hydrogens is 304 g/mol. The maximum atomic E-state index is 12.6. The molecule has 1 unspecified atom stereocenters. The molecule has 2 aromatic rings. The van der Waals surface area contributed by atoms with Gasteiger partial charge in [0.05, 0.1) is 12.2 Å². The van der Waals surface area contributed by atoms with Gasteiger partial charge in [0.1, 0.15) is 5.75 Å². The lowest BCUT2D eigenvalue weighted by molar-refractivity contribution is -0.125. The molecule has 0 radical (unpaired) electrons. The normalized spacial score (nSPS) is 16.3. The number of ether oxygens (including phenoxy) is 1. The van der Waals surface area contributed by atoms with Crippen molar-refractivity contribution >= 4 is 23.2 Å². The molecule has 2 aromatic carbocycles. The van der Waals surface area contributed by atoms with Crippen LogP contribution in [0.15, 0.2) is 48.5 Å². The average molecular weight is 324 g/mol. The summed E-state index contributed by atoms with van der Waals surface area (Å²) < 4.78 is 5.69. The Hall–Kier alpha value is -2.82. The first-order chi connectivity index (χ1) is 11.6. The molecule has 0 spiro atoms. The van der Waals surface area contributed by atoms with E-state index in [-0.39, 0.29) is 11.8 Å². The first-order valence-electron chi connectivity index (χ1n) is 8.04. The summed E-state index contributed by atoms with van der Waals surface area (Å²) in [5.74, 6) is 0.485. The number of carbonyl (C=O) groups is 2. The number of rotatable bonds is 4. The molecule has 1 atom stereocenters. The minimum Gasteiger partial charge on any atom is -0.479 e. The summed E-state index contributed by atoms with van der Waals surface area (Å²) in [6.07, 6.45) is -0.130. The van der Waals surface area contributed by atoms with E-state index in [1.165, 1.54) is 0 Å². The highest BCUT2D eigenvalue weighted by Gasteiger charge is 2.31. The molecule has 1 N–H and O–H groups in total. The molecule has 5 heteroatoms. The Morgan fingerprint density at radius 2 is 1.96 bits per heavy atom. The molecule has 0 aliphatic carbocycles. The van der Waals surface area contributed by atoms with Gasteiger partial charge in [-0.05, 0) is 30.7 Å². The van der Waals surface area contributed by atoms with Crippen LogP contribution in [0.2, 0.25) is 0 Å². The van der Waals surface area contributed by atoms with Crippen LogP contribution in [0.25, 0.3) is 0 Å². The van der Waals surface area contributed by atoms with Crippen LogP contribution >= 0.6 is 0 Å². The van der Waals surface area contributed by atoms with Gasteiger partial charge in [0, 0.05) is 12.1 Å². The van der Waals surface area contributed by atoms with E-state index >= 15 is 0 Å². The van der Waals surface area contributed by atoms with Gasteiger partial charge in [-0.1, -0.05) is 37.3 Å². The second-order valence-corrected chi connectivity index (χ2v) is 5.75. The summed E-state index contributed by atoms with van der Waals surface area (Å²) in [6, 6.07) is 15.2. The zero-order valence-corrected chi connectivity index (χ0v) is 13.8. The molecule has 24 heavy (non-hydrogen) atoms. The van der Waals surface area contributed by atoms with E-state index in [4.69, 9.17) is 4.74 Å². The molecule has 0 saturated heterocycles. The lowest BCUT2D eigenvalue weighted by Gasteiger charge is -2.33. The standard InChI is InChI=1S/C19H20N2O3/c1-3-18(22)20-15-9-10-17-16(11-15)21(19(23)13(2)24-17)12-14-7-5-4-6-8-14/h4-11,13H,3,12H2,1-2H3,(H,20,22). The van der Waals surface area contributed by atoms with Crippen LogP contribution in [0.3, 0.4) is 0 Å². The largest absolute Gasteiger partial charge is 0.479 e. The van der Waals surface area contributed by atoms with Gasteiger partial charge in [0.25, 0.3) is 5.91 Å². The Morgan fingerprint density at radius 3 is 2.67 bits per heavy atom. The van der Waals surface area contributed by atoms with E-state index in [0.29, 0.717) is 30.1 Å². The fourth-order valence-corrected chi connectivity index (χ4v) is 2.66. The minimum atomic E-state index is -0.530. The fraction of sp³-hybridized carbons (Fsp3) is 0.263. The van der Waals surface area contributed by atoms with E-state index in [2.05, 4.69) is 5.32 Å². The molecular formula is C19H20N2O3. The van der Waals surface area contributed by atoms with Gasteiger partial charge in [-0.3, -0.25) is 9.59 Å². The highest BCUT2D eigenvalue weighted by Crippen LogP contribution is 2.37. The third-order valence-corrected chi connectivity index (χ3v) is 3.96.